The van der Waals surface area contributed by atoms with Gasteiger partial charge in [-0.25, -0.2) is 9.97 Å². The first kappa shape index (κ1) is 19.2. The number of aromatic nitrogens is 2. The molecule has 0 spiro atoms. The maximum atomic E-state index is 12.8. The molecule has 1 amide bonds. The molecule has 6 nitrogen and oxygen atoms in total. The number of piperazine rings is 1. The topological polar surface area (TPSA) is 52.6 Å². The molecule has 2 aromatic rings. The van der Waals surface area contributed by atoms with Crippen LogP contribution < -0.4 is 9.80 Å². The second-order valence-electron chi connectivity index (χ2n) is 7.47. The van der Waals surface area contributed by atoms with Crippen LogP contribution in [-0.2, 0) is 0 Å². The molecule has 28 heavy (non-hydrogen) atoms. The lowest BCUT2D eigenvalue weighted by molar-refractivity contribution is 0.0746. The van der Waals surface area contributed by atoms with Crippen LogP contribution in [0.1, 0.15) is 35.4 Å². The predicted molar refractivity (Wildman–Crippen MR) is 115 cm³/mol. The molecule has 1 aromatic carbocycles. The molecule has 2 fully saturated rings. The molecule has 0 N–H and O–H groups in total. The lowest BCUT2D eigenvalue weighted by atomic mass is 10.1. The SMILES string of the molecule is Cc1nc(N2CCCCC2)cc(N2CCN(C(=O)c3cccc(Br)c3)CC2)n1. The molecule has 2 aliphatic heterocycles. The number of hydrogen-bond donors (Lipinski definition) is 0. The Bertz CT molecular complexity index is 844. The third-order valence-electron chi connectivity index (χ3n) is 5.45. The molecule has 2 aliphatic rings. The number of carbonyl (C=O) groups excluding carboxylic acids is 1. The van der Waals surface area contributed by atoms with Crippen molar-refractivity contribution in [3.05, 3.63) is 46.2 Å². The van der Waals surface area contributed by atoms with Gasteiger partial charge in [0.1, 0.15) is 17.5 Å². The van der Waals surface area contributed by atoms with Crippen molar-refractivity contribution < 1.29 is 4.79 Å². The van der Waals surface area contributed by atoms with Crippen molar-refractivity contribution in [2.45, 2.75) is 26.2 Å². The van der Waals surface area contributed by atoms with Gasteiger partial charge in [-0.3, -0.25) is 4.79 Å². The van der Waals surface area contributed by atoms with Crippen LogP contribution in [0.2, 0.25) is 0 Å². The van der Waals surface area contributed by atoms with Crippen LogP contribution in [-0.4, -0.2) is 60.0 Å². The first-order valence-electron chi connectivity index (χ1n) is 10.0. The largest absolute Gasteiger partial charge is 0.356 e. The highest BCUT2D eigenvalue weighted by atomic mass is 79.9. The van der Waals surface area contributed by atoms with Crippen LogP contribution in [0.25, 0.3) is 0 Å². The number of aryl methyl sites for hydroxylation is 1. The molecule has 3 heterocycles. The van der Waals surface area contributed by atoms with Crippen molar-refractivity contribution in [3.8, 4) is 0 Å². The van der Waals surface area contributed by atoms with Crippen molar-refractivity contribution in [1.82, 2.24) is 14.9 Å². The number of carbonyl (C=O) groups is 1. The molecule has 2 saturated heterocycles. The van der Waals surface area contributed by atoms with Crippen molar-refractivity contribution in [2.75, 3.05) is 49.1 Å². The molecule has 0 radical (unpaired) electrons. The number of nitrogens with zero attached hydrogens (tertiary/aromatic N) is 5. The van der Waals surface area contributed by atoms with Gasteiger partial charge < -0.3 is 14.7 Å². The summed E-state index contributed by atoms with van der Waals surface area (Å²) in [5, 5.41) is 0. The molecule has 0 aliphatic carbocycles. The summed E-state index contributed by atoms with van der Waals surface area (Å²) >= 11 is 3.44. The van der Waals surface area contributed by atoms with Crippen molar-refractivity contribution in [2.24, 2.45) is 0 Å². The van der Waals surface area contributed by atoms with E-state index in [2.05, 4.69) is 41.8 Å². The minimum Gasteiger partial charge on any atom is -0.356 e. The third kappa shape index (κ3) is 4.29. The van der Waals surface area contributed by atoms with E-state index in [0.717, 1.165) is 53.7 Å². The van der Waals surface area contributed by atoms with Crippen LogP contribution in [0, 0.1) is 6.92 Å². The molecule has 0 saturated carbocycles. The molecule has 0 unspecified atom stereocenters. The Morgan fingerprint density at radius 2 is 1.54 bits per heavy atom. The minimum absolute atomic E-state index is 0.0915. The highest BCUT2D eigenvalue weighted by molar-refractivity contribution is 9.10. The second kappa shape index (κ2) is 8.47. The number of anilines is 2. The van der Waals surface area contributed by atoms with E-state index in [1.54, 1.807) is 0 Å². The van der Waals surface area contributed by atoms with Gasteiger partial charge in [-0.05, 0) is 44.4 Å². The lowest BCUT2D eigenvalue weighted by Crippen LogP contribution is -2.49. The number of piperidine rings is 1. The Morgan fingerprint density at radius 3 is 2.18 bits per heavy atom. The molecular formula is C21H26BrN5O. The number of rotatable bonds is 3. The molecule has 0 atom stereocenters. The highest BCUT2D eigenvalue weighted by Gasteiger charge is 2.24. The van der Waals surface area contributed by atoms with Gasteiger partial charge in [0.05, 0.1) is 0 Å². The maximum Gasteiger partial charge on any atom is 0.254 e. The zero-order chi connectivity index (χ0) is 19.5. The maximum absolute atomic E-state index is 12.8. The fourth-order valence-corrected chi connectivity index (χ4v) is 4.33. The van der Waals surface area contributed by atoms with Gasteiger partial charge in [-0.2, -0.15) is 0 Å². The summed E-state index contributed by atoms with van der Waals surface area (Å²) in [6, 6.07) is 9.71. The average molecular weight is 444 g/mol. The van der Waals surface area contributed by atoms with Crippen LogP contribution in [0.4, 0.5) is 11.6 Å². The lowest BCUT2D eigenvalue weighted by Gasteiger charge is -2.36. The van der Waals surface area contributed by atoms with Crippen molar-refractivity contribution >= 4 is 33.5 Å². The molecule has 1 aromatic heterocycles. The second-order valence-corrected chi connectivity index (χ2v) is 8.38. The molecule has 148 valence electrons. The van der Waals surface area contributed by atoms with Gasteiger partial charge >= 0.3 is 0 Å². The van der Waals surface area contributed by atoms with Crippen molar-refractivity contribution in [3.63, 3.8) is 0 Å². The van der Waals surface area contributed by atoms with E-state index in [9.17, 15) is 4.79 Å². The van der Waals surface area contributed by atoms with Gasteiger partial charge in [-0.15, -0.1) is 0 Å². The predicted octanol–water partition coefficient (Wildman–Crippen LogP) is 3.50. The number of benzene rings is 1. The number of halogens is 1. The van der Waals surface area contributed by atoms with E-state index in [0.29, 0.717) is 13.1 Å². The van der Waals surface area contributed by atoms with Gasteiger partial charge in [0.2, 0.25) is 0 Å². The Hall–Kier alpha value is -2.15. The van der Waals surface area contributed by atoms with Gasteiger partial charge in [0.15, 0.2) is 0 Å². The zero-order valence-electron chi connectivity index (χ0n) is 16.3. The Balaban J connectivity index is 1.43. The van der Waals surface area contributed by atoms with Crippen LogP contribution in [0.15, 0.2) is 34.8 Å². The van der Waals surface area contributed by atoms with Crippen LogP contribution >= 0.6 is 15.9 Å². The van der Waals surface area contributed by atoms with E-state index in [4.69, 9.17) is 0 Å². The summed E-state index contributed by atoms with van der Waals surface area (Å²) < 4.78 is 0.929. The summed E-state index contributed by atoms with van der Waals surface area (Å²) in [4.78, 5) is 28.7. The van der Waals surface area contributed by atoms with Crippen LogP contribution in [0.3, 0.4) is 0 Å². The quantitative estimate of drug-likeness (QED) is 0.726. The van der Waals surface area contributed by atoms with E-state index < -0.39 is 0 Å². The first-order chi connectivity index (χ1) is 13.6. The first-order valence-corrected chi connectivity index (χ1v) is 10.8. The smallest absolute Gasteiger partial charge is 0.254 e. The molecule has 4 rings (SSSR count). The summed E-state index contributed by atoms with van der Waals surface area (Å²) in [5.41, 5.74) is 0.730. The average Bonchev–Trinajstić information content (AvgIpc) is 2.73. The number of amides is 1. The summed E-state index contributed by atoms with van der Waals surface area (Å²) in [5.74, 6) is 2.91. The van der Waals surface area contributed by atoms with E-state index in [1.807, 2.05) is 36.1 Å². The highest BCUT2D eigenvalue weighted by Crippen LogP contribution is 2.23. The molecular weight excluding hydrogens is 418 g/mol. The fourth-order valence-electron chi connectivity index (χ4n) is 3.93. The van der Waals surface area contributed by atoms with Gasteiger partial charge in [0, 0.05) is 55.4 Å². The normalized spacial score (nSPS) is 17.7. The Labute approximate surface area is 174 Å². The van der Waals surface area contributed by atoms with Crippen molar-refractivity contribution in [1.29, 1.82) is 0 Å². The minimum atomic E-state index is 0.0915. The molecule has 7 heteroatoms. The van der Waals surface area contributed by atoms with E-state index >= 15 is 0 Å². The zero-order valence-corrected chi connectivity index (χ0v) is 17.9. The van der Waals surface area contributed by atoms with Crippen LogP contribution in [0.5, 0.6) is 0 Å². The fraction of sp³-hybridized carbons (Fsp3) is 0.476. The number of hydrogen-bond acceptors (Lipinski definition) is 5. The summed E-state index contributed by atoms with van der Waals surface area (Å²) in [6.07, 6.45) is 3.77. The van der Waals surface area contributed by atoms with E-state index in [-0.39, 0.29) is 5.91 Å². The van der Waals surface area contributed by atoms with Gasteiger partial charge in [0.25, 0.3) is 5.91 Å². The third-order valence-corrected chi connectivity index (χ3v) is 5.95. The summed E-state index contributed by atoms with van der Waals surface area (Å²) in [7, 11) is 0. The standard InChI is InChI=1S/C21H26BrN5O/c1-16-23-19(25-8-3-2-4-9-25)15-20(24-16)26-10-12-27(13-11-26)21(28)17-6-5-7-18(22)14-17/h5-7,14-15H,2-4,8-13H2,1H3. The Morgan fingerprint density at radius 1 is 0.893 bits per heavy atom. The Kier molecular flexibility index (Phi) is 5.80. The summed E-state index contributed by atoms with van der Waals surface area (Å²) in [6.45, 7) is 7.09. The van der Waals surface area contributed by atoms with Gasteiger partial charge in [-0.1, -0.05) is 22.0 Å². The molecule has 0 bridgehead atoms. The van der Waals surface area contributed by atoms with E-state index in [1.165, 1.54) is 19.3 Å². The monoisotopic (exact) mass is 443 g/mol.